The average Bonchev–Trinajstić information content (AvgIpc) is 2.74. The van der Waals surface area contributed by atoms with Gasteiger partial charge in [-0.2, -0.15) is 0 Å². The van der Waals surface area contributed by atoms with Crippen molar-refractivity contribution in [3.05, 3.63) is 68.2 Å². The molecule has 0 saturated carbocycles. The molecule has 0 aliphatic carbocycles. The minimum absolute atomic E-state index is 0.266. The smallest absolute Gasteiger partial charge is 0.316 e. The summed E-state index contributed by atoms with van der Waals surface area (Å²) in [6, 6.07) is 10.2. The molecule has 150 valence electrons. The van der Waals surface area contributed by atoms with Gasteiger partial charge in [0.05, 0.1) is 17.1 Å². The zero-order valence-corrected chi connectivity index (χ0v) is 16.2. The highest BCUT2D eigenvalue weighted by atomic mass is 16.6. The van der Waals surface area contributed by atoms with Gasteiger partial charge >= 0.3 is 11.1 Å². The van der Waals surface area contributed by atoms with E-state index in [4.69, 9.17) is 9.47 Å². The third-order valence-electron chi connectivity index (χ3n) is 4.97. The number of amides is 1. The fraction of sp³-hybridized carbons (Fsp3) is 0.286. The quantitative estimate of drug-likeness (QED) is 0.658. The molecule has 3 aromatic rings. The van der Waals surface area contributed by atoms with Gasteiger partial charge < -0.3 is 24.3 Å². The highest BCUT2D eigenvalue weighted by Crippen LogP contribution is 2.32. The number of benzene rings is 2. The van der Waals surface area contributed by atoms with Crippen LogP contribution in [-0.4, -0.2) is 28.7 Å². The van der Waals surface area contributed by atoms with E-state index in [-0.39, 0.29) is 11.9 Å². The van der Waals surface area contributed by atoms with Gasteiger partial charge in [-0.1, -0.05) is 6.07 Å². The minimum Gasteiger partial charge on any atom is -0.486 e. The van der Waals surface area contributed by atoms with Gasteiger partial charge in [0.2, 0.25) is 0 Å². The minimum atomic E-state index is -0.707. The van der Waals surface area contributed by atoms with Crippen LogP contribution in [-0.2, 0) is 6.54 Å². The van der Waals surface area contributed by atoms with E-state index >= 15 is 0 Å². The highest BCUT2D eigenvalue weighted by molar-refractivity contribution is 5.97. The summed E-state index contributed by atoms with van der Waals surface area (Å²) in [5, 5.41) is 2.94. The maximum atomic E-state index is 12.7. The summed E-state index contributed by atoms with van der Waals surface area (Å²) in [4.78, 5) is 39.1. The summed E-state index contributed by atoms with van der Waals surface area (Å²) in [7, 11) is 0. The third-order valence-corrected chi connectivity index (χ3v) is 4.97. The molecule has 2 N–H and O–H groups in total. The lowest BCUT2D eigenvalue weighted by Crippen LogP contribution is -2.36. The second-order valence-electron chi connectivity index (χ2n) is 6.83. The molecule has 1 aromatic heterocycles. The number of H-pyrrole nitrogens is 1. The van der Waals surface area contributed by atoms with E-state index in [1.807, 2.05) is 25.1 Å². The summed E-state index contributed by atoms with van der Waals surface area (Å²) in [6.45, 7) is 5.05. The largest absolute Gasteiger partial charge is 0.486 e. The number of nitrogens with zero attached hydrogens (tertiary/aromatic N) is 1. The van der Waals surface area contributed by atoms with Gasteiger partial charge in [-0.05, 0) is 49.7 Å². The maximum Gasteiger partial charge on any atom is 0.316 e. The number of hydrogen-bond acceptors (Lipinski definition) is 5. The monoisotopic (exact) mass is 395 g/mol. The normalized spacial score (nSPS) is 13.9. The van der Waals surface area contributed by atoms with Crippen LogP contribution in [0.4, 0.5) is 0 Å². The predicted octanol–water partition coefficient (Wildman–Crippen LogP) is 1.97. The molecule has 2 heterocycles. The highest BCUT2D eigenvalue weighted by Gasteiger charge is 2.17. The van der Waals surface area contributed by atoms with Crippen LogP contribution in [0.3, 0.4) is 0 Å². The summed E-state index contributed by atoms with van der Waals surface area (Å²) in [5.74, 6) is 1.07. The summed E-state index contributed by atoms with van der Waals surface area (Å²) < 4.78 is 12.5. The van der Waals surface area contributed by atoms with Gasteiger partial charge in [0.25, 0.3) is 5.91 Å². The number of aromatic nitrogens is 2. The summed E-state index contributed by atoms with van der Waals surface area (Å²) >= 11 is 0. The van der Waals surface area contributed by atoms with Gasteiger partial charge in [-0.25, -0.2) is 0 Å². The first kappa shape index (κ1) is 18.8. The molecule has 8 nitrogen and oxygen atoms in total. The van der Waals surface area contributed by atoms with E-state index < -0.39 is 11.1 Å². The molecule has 0 saturated heterocycles. The number of rotatable bonds is 4. The molecule has 0 spiro atoms. The van der Waals surface area contributed by atoms with E-state index in [2.05, 4.69) is 10.3 Å². The second-order valence-corrected chi connectivity index (χ2v) is 6.83. The van der Waals surface area contributed by atoms with Gasteiger partial charge in [0.1, 0.15) is 13.2 Å². The first-order valence-electron chi connectivity index (χ1n) is 9.45. The molecule has 1 aliphatic rings. The van der Waals surface area contributed by atoms with Crippen molar-refractivity contribution in [1.82, 2.24) is 14.9 Å². The number of ether oxygens (including phenoxy) is 2. The topological polar surface area (TPSA) is 102 Å². The van der Waals surface area contributed by atoms with Crippen LogP contribution in [0.25, 0.3) is 11.0 Å². The van der Waals surface area contributed by atoms with Crippen molar-refractivity contribution >= 4 is 16.9 Å². The maximum absolute atomic E-state index is 12.7. The van der Waals surface area contributed by atoms with E-state index in [9.17, 15) is 14.4 Å². The van der Waals surface area contributed by atoms with E-state index in [0.29, 0.717) is 47.9 Å². The molecule has 0 bridgehead atoms. The van der Waals surface area contributed by atoms with Crippen molar-refractivity contribution in [3.63, 3.8) is 0 Å². The molecule has 1 atom stereocenters. The molecule has 1 aliphatic heterocycles. The Morgan fingerprint density at radius 3 is 2.66 bits per heavy atom. The molecule has 0 fully saturated rings. The lowest BCUT2D eigenvalue weighted by Gasteiger charge is -2.21. The molecule has 1 unspecified atom stereocenters. The van der Waals surface area contributed by atoms with E-state index in [1.165, 1.54) is 4.57 Å². The number of aryl methyl sites for hydroxylation is 1. The lowest BCUT2D eigenvalue weighted by atomic mass is 10.1. The number of carbonyl (C=O) groups excluding carboxylic acids is 1. The molecule has 1 amide bonds. The summed E-state index contributed by atoms with van der Waals surface area (Å²) in [5.41, 5.74) is 0.978. The molecule has 0 radical (unpaired) electrons. The Bertz CT molecular complexity index is 1210. The number of hydrogen-bond donors (Lipinski definition) is 2. The van der Waals surface area contributed by atoms with Crippen LogP contribution in [0.5, 0.6) is 11.5 Å². The van der Waals surface area contributed by atoms with Crippen LogP contribution in [0.15, 0.2) is 46.0 Å². The van der Waals surface area contributed by atoms with Crippen LogP contribution in [0.1, 0.15) is 35.8 Å². The van der Waals surface area contributed by atoms with Gasteiger partial charge in [-0.15, -0.1) is 0 Å². The number of carbonyl (C=O) groups is 1. The van der Waals surface area contributed by atoms with Crippen molar-refractivity contribution in [3.8, 4) is 11.5 Å². The van der Waals surface area contributed by atoms with E-state index in [1.54, 1.807) is 25.1 Å². The van der Waals surface area contributed by atoms with Crippen molar-refractivity contribution in [2.45, 2.75) is 26.4 Å². The third kappa shape index (κ3) is 3.49. The second kappa shape index (κ2) is 7.46. The number of nitrogens with one attached hydrogen (secondary N) is 2. The Kier molecular flexibility index (Phi) is 4.84. The van der Waals surface area contributed by atoms with Crippen molar-refractivity contribution < 1.29 is 14.3 Å². The molecule has 29 heavy (non-hydrogen) atoms. The van der Waals surface area contributed by atoms with Gasteiger partial charge in [-0.3, -0.25) is 14.4 Å². The van der Waals surface area contributed by atoms with Crippen molar-refractivity contribution in [2.75, 3.05) is 13.2 Å². The average molecular weight is 395 g/mol. The Labute approximate surface area is 166 Å². The van der Waals surface area contributed by atoms with Crippen LogP contribution >= 0.6 is 0 Å². The zero-order valence-electron chi connectivity index (χ0n) is 16.2. The first-order chi connectivity index (χ1) is 14.0. The molecular formula is C21H21N3O5. The Morgan fingerprint density at radius 1 is 1.14 bits per heavy atom. The fourth-order valence-corrected chi connectivity index (χ4v) is 3.43. The molecule has 2 aromatic carbocycles. The van der Waals surface area contributed by atoms with Crippen LogP contribution < -0.4 is 25.9 Å². The molecule has 8 heteroatoms. The predicted molar refractivity (Wildman–Crippen MR) is 108 cm³/mol. The standard InChI is InChI=1S/C21H21N3O5/c1-3-24-16-6-4-14(10-15(16)23-20(26)21(24)27)19(25)22-12(2)13-5-7-17-18(11-13)29-9-8-28-17/h4-7,10-12H,3,8-9H2,1-2H3,(H,22,25)(H,23,26). The molecule has 4 rings (SSSR count). The number of fused-ring (bicyclic) bond motifs is 2. The Balaban J connectivity index is 1.59. The van der Waals surface area contributed by atoms with E-state index in [0.717, 1.165) is 5.56 Å². The van der Waals surface area contributed by atoms with Crippen molar-refractivity contribution in [1.29, 1.82) is 0 Å². The molecular weight excluding hydrogens is 374 g/mol. The zero-order chi connectivity index (χ0) is 20.5. The summed E-state index contributed by atoms with van der Waals surface area (Å²) in [6.07, 6.45) is 0. The fourth-order valence-electron chi connectivity index (χ4n) is 3.43. The van der Waals surface area contributed by atoms with Crippen molar-refractivity contribution in [2.24, 2.45) is 0 Å². The van der Waals surface area contributed by atoms with Crippen LogP contribution in [0.2, 0.25) is 0 Å². The Morgan fingerprint density at radius 2 is 1.90 bits per heavy atom. The Hall–Kier alpha value is -3.55. The first-order valence-corrected chi connectivity index (χ1v) is 9.45. The SMILES string of the molecule is CCn1c(=O)c(=O)[nH]c2cc(C(=O)NC(C)c3ccc4c(c3)OCCO4)ccc21. The van der Waals surface area contributed by atoms with Crippen LogP contribution in [0, 0.1) is 0 Å². The van der Waals surface area contributed by atoms with Gasteiger partial charge in [0.15, 0.2) is 11.5 Å². The van der Waals surface area contributed by atoms with Gasteiger partial charge in [0, 0.05) is 12.1 Å². The number of aromatic amines is 1. The lowest BCUT2D eigenvalue weighted by molar-refractivity contribution is 0.0940.